The summed E-state index contributed by atoms with van der Waals surface area (Å²) in [5, 5.41) is 14.3. The Morgan fingerprint density at radius 1 is 1.05 bits per heavy atom. The van der Waals surface area contributed by atoms with Crippen molar-refractivity contribution in [1.82, 2.24) is 0 Å². The van der Waals surface area contributed by atoms with E-state index in [2.05, 4.69) is 25.5 Å². The molecule has 0 radical (unpaired) electrons. The predicted octanol–water partition coefficient (Wildman–Crippen LogP) is 4.07. The number of hydrogen-bond donors (Lipinski definition) is 1. The van der Waals surface area contributed by atoms with E-state index in [-0.39, 0.29) is 5.97 Å². The van der Waals surface area contributed by atoms with Crippen LogP contribution in [0.5, 0.6) is 0 Å². The molecule has 0 aliphatic carbocycles. The van der Waals surface area contributed by atoms with Crippen LogP contribution < -0.4 is 0 Å². The van der Waals surface area contributed by atoms with Gasteiger partial charge in [0.1, 0.15) is 0 Å². The molecule has 0 aliphatic rings. The standard InChI is InChI=1S/C6H12O2.C6H14.C2H3N.CH4O/c1-3-4-5-8-6(2)7;1-3-5-6-4-2;1-2-3;1-2/h3-5H2,1-2H3;3-6H2,1-2H3;1H3;2H,1H3. The van der Waals surface area contributed by atoms with Gasteiger partial charge in [-0.1, -0.05) is 52.9 Å². The summed E-state index contributed by atoms with van der Waals surface area (Å²) in [5.74, 6) is -0.182. The lowest BCUT2D eigenvalue weighted by atomic mass is 10.2. The molecule has 0 fully saturated rings. The van der Waals surface area contributed by atoms with E-state index >= 15 is 0 Å². The molecule has 4 nitrogen and oxygen atoms in total. The minimum Gasteiger partial charge on any atom is -0.466 e. The minimum absolute atomic E-state index is 0.182. The Morgan fingerprint density at radius 3 is 1.58 bits per heavy atom. The fourth-order valence-corrected chi connectivity index (χ4v) is 0.860. The number of unbranched alkanes of at least 4 members (excludes halogenated alkanes) is 4. The maximum absolute atomic E-state index is 10.1. The van der Waals surface area contributed by atoms with Crippen molar-refractivity contribution >= 4 is 5.97 Å². The topological polar surface area (TPSA) is 70.3 Å². The highest BCUT2D eigenvalue weighted by Gasteiger charge is 1.88. The maximum Gasteiger partial charge on any atom is 0.302 e. The van der Waals surface area contributed by atoms with E-state index in [0.29, 0.717) is 6.61 Å². The van der Waals surface area contributed by atoms with Gasteiger partial charge in [0, 0.05) is 21.0 Å². The van der Waals surface area contributed by atoms with Crippen LogP contribution in [0.4, 0.5) is 0 Å². The second-order valence-electron chi connectivity index (χ2n) is 3.62. The van der Waals surface area contributed by atoms with Gasteiger partial charge in [-0.25, -0.2) is 0 Å². The molecule has 0 saturated heterocycles. The van der Waals surface area contributed by atoms with Crippen molar-refractivity contribution < 1.29 is 14.6 Å². The third kappa shape index (κ3) is 78.7. The lowest BCUT2D eigenvalue weighted by Crippen LogP contribution is -1.99. The molecule has 0 aromatic carbocycles. The summed E-state index contributed by atoms with van der Waals surface area (Å²) in [7, 11) is 1.00. The van der Waals surface area contributed by atoms with Crippen LogP contribution in [0.15, 0.2) is 0 Å². The summed E-state index contributed by atoms with van der Waals surface area (Å²) in [6, 6.07) is 1.75. The van der Waals surface area contributed by atoms with Gasteiger partial charge in [-0.15, -0.1) is 0 Å². The van der Waals surface area contributed by atoms with Gasteiger partial charge in [0.2, 0.25) is 0 Å². The molecule has 4 heteroatoms. The van der Waals surface area contributed by atoms with Crippen molar-refractivity contribution in [2.24, 2.45) is 0 Å². The molecule has 0 rings (SSSR count). The average molecular weight is 275 g/mol. The van der Waals surface area contributed by atoms with E-state index < -0.39 is 0 Å². The zero-order chi connectivity index (χ0) is 15.9. The van der Waals surface area contributed by atoms with Crippen LogP contribution >= 0.6 is 0 Å². The van der Waals surface area contributed by atoms with Crippen LogP contribution in [0.25, 0.3) is 0 Å². The molecule has 0 amide bonds. The van der Waals surface area contributed by atoms with Crippen molar-refractivity contribution in [2.45, 2.75) is 73.1 Å². The Balaban J connectivity index is -0.0000000904. The number of ether oxygens (including phenoxy) is 1. The Bertz CT molecular complexity index is 173. The van der Waals surface area contributed by atoms with E-state index in [0.717, 1.165) is 20.0 Å². The molecule has 0 unspecified atom stereocenters. The summed E-state index contributed by atoms with van der Waals surface area (Å²) < 4.78 is 4.64. The number of nitrogens with zero attached hydrogens (tertiary/aromatic N) is 1. The van der Waals surface area contributed by atoms with E-state index in [4.69, 9.17) is 10.4 Å². The Kier molecular flexibility index (Phi) is 50.1. The van der Waals surface area contributed by atoms with Crippen LogP contribution in [0.3, 0.4) is 0 Å². The zero-order valence-electron chi connectivity index (χ0n) is 13.7. The molecule has 0 atom stereocenters. The van der Waals surface area contributed by atoms with Crippen LogP contribution in [0.1, 0.15) is 73.1 Å². The quantitative estimate of drug-likeness (QED) is 0.586. The van der Waals surface area contributed by atoms with Crippen LogP contribution in [-0.4, -0.2) is 24.8 Å². The molecule has 0 aliphatic heterocycles. The number of nitriles is 1. The number of hydrogen-bond acceptors (Lipinski definition) is 4. The number of aliphatic hydroxyl groups is 1. The second kappa shape index (κ2) is 36.0. The maximum atomic E-state index is 10.1. The average Bonchev–Trinajstić information content (AvgIpc) is 2.40. The van der Waals surface area contributed by atoms with E-state index in [9.17, 15) is 4.79 Å². The normalized spacial score (nSPS) is 7.26. The minimum atomic E-state index is -0.182. The van der Waals surface area contributed by atoms with Gasteiger partial charge in [0.25, 0.3) is 0 Å². The van der Waals surface area contributed by atoms with Crippen molar-refractivity contribution in [1.29, 1.82) is 5.26 Å². The van der Waals surface area contributed by atoms with Gasteiger partial charge in [0.05, 0.1) is 12.7 Å². The smallest absolute Gasteiger partial charge is 0.302 e. The first-order chi connectivity index (χ1) is 9.10. The van der Waals surface area contributed by atoms with Crippen molar-refractivity contribution in [3.05, 3.63) is 0 Å². The first-order valence-corrected chi connectivity index (χ1v) is 6.99. The zero-order valence-corrected chi connectivity index (χ0v) is 13.7. The molecule has 0 saturated carbocycles. The first kappa shape index (κ1) is 26.5. The first-order valence-electron chi connectivity index (χ1n) is 6.99. The second-order valence-corrected chi connectivity index (χ2v) is 3.62. The van der Waals surface area contributed by atoms with Crippen molar-refractivity contribution in [3.63, 3.8) is 0 Å². The van der Waals surface area contributed by atoms with Crippen molar-refractivity contribution in [2.75, 3.05) is 13.7 Å². The number of esters is 1. The number of carbonyl (C=O) groups is 1. The highest BCUT2D eigenvalue weighted by Crippen LogP contribution is 1.95. The summed E-state index contributed by atoms with van der Waals surface area (Å²) in [6.45, 7) is 9.95. The summed E-state index contributed by atoms with van der Waals surface area (Å²) in [6.07, 6.45) is 7.58. The molecule has 1 N–H and O–H groups in total. The molecule has 0 aromatic heterocycles. The monoisotopic (exact) mass is 275 g/mol. The number of rotatable bonds is 6. The molecule has 0 spiro atoms. The Morgan fingerprint density at radius 2 is 1.37 bits per heavy atom. The van der Waals surface area contributed by atoms with Crippen LogP contribution in [0, 0.1) is 11.3 Å². The van der Waals surface area contributed by atoms with E-state index in [1.807, 2.05) is 0 Å². The Hall–Kier alpha value is -1.08. The molecule has 0 aromatic rings. The molecule has 19 heavy (non-hydrogen) atoms. The van der Waals surface area contributed by atoms with Gasteiger partial charge in [-0.05, 0) is 6.42 Å². The Labute approximate surface area is 119 Å². The SMILES string of the molecule is CC#N.CCCCCC.CCCCOC(C)=O.CO. The van der Waals surface area contributed by atoms with Gasteiger partial charge < -0.3 is 9.84 Å². The molecular formula is C15H33NO3. The number of aliphatic hydroxyl groups excluding tert-OH is 1. The third-order valence-electron chi connectivity index (χ3n) is 1.76. The van der Waals surface area contributed by atoms with Gasteiger partial charge >= 0.3 is 5.97 Å². The third-order valence-corrected chi connectivity index (χ3v) is 1.76. The summed E-state index contributed by atoms with van der Waals surface area (Å²) in [5.41, 5.74) is 0. The van der Waals surface area contributed by atoms with Gasteiger partial charge in [-0.2, -0.15) is 5.26 Å². The van der Waals surface area contributed by atoms with Crippen LogP contribution in [0.2, 0.25) is 0 Å². The van der Waals surface area contributed by atoms with E-state index in [1.165, 1.54) is 39.5 Å². The lowest BCUT2D eigenvalue weighted by molar-refractivity contribution is -0.141. The molecule has 0 bridgehead atoms. The molecule has 0 heterocycles. The van der Waals surface area contributed by atoms with Crippen molar-refractivity contribution in [3.8, 4) is 6.07 Å². The summed E-state index contributed by atoms with van der Waals surface area (Å²) >= 11 is 0. The van der Waals surface area contributed by atoms with Crippen LogP contribution in [-0.2, 0) is 9.53 Å². The van der Waals surface area contributed by atoms with Gasteiger partial charge in [-0.3, -0.25) is 4.79 Å². The summed E-state index contributed by atoms with van der Waals surface area (Å²) in [4.78, 5) is 10.1. The number of carbonyl (C=O) groups excluding carboxylic acids is 1. The predicted molar refractivity (Wildman–Crippen MR) is 80.8 cm³/mol. The largest absolute Gasteiger partial charge is 0.466 e. The highest BCUT2D eigenvalue weighted by molar-refractivity contribution is 5.65. The lowest BCUT2D eigenvalue weighted by Gasteiger charge is -1.96. The van der Waals surface area contributed by atoms with E-state index in [1.54, 1.807) is 6.07 Å². The molecular weight excluding hydrogens is 242 g/mol. The highest BCUT2D eigenvalue weighted by atomic mass is 16.5. The molecule has 116 valence electrons. The fourth-order valence-electron chi connectivity index (χ4n) is 0.860. The fraction of sp³-hybridized carbons (Fsp3) is 0.867. The van der Waals surface area contributed by atoms with Gasteiger partial charge in [0.15, 0.2) is 0 Å².